The third-order valence-electron chi connectivity index (χ3n) is 6.51. The standard InChI is InChI=1S/C29H32FN3O3/c1-21-9-5-6-15-26(21)28(29(35)32-24-12-3-2-4-13-24)33(25-14-7-11-23(30)17-25)27(34)20-36-19-22-10-8-16-31-18-22/h5-11,14-18,24,28H,2-4,12-13,19-20H2,1H3,(H,32,35). The van der Waals surface area contributed by atoms with E-state index in [1.807, 2.05) is 37.3 Å². The van der Waals surface area contributed by atoms with E-state index in [1.54, 1.807) is 24.5 Å². The summed E-state index contributed by atoms with van der Waals surface area (Å²) in [7, 11) is 0. The number of carbonyl (C=O) groups excluding carboxylic acids is 2. The van der Waals surface area contributed by atoms with Gasteiger partial charge in [-0.25, -0.2) is 4.39 Å². The van der Waals surface area contributed by atoms with Gasteiger partial charge in [-0.15, -0.1) is 0 Å². The monoisotopic (exact) mass is 489 g/mol. The summed E-state index contributed by atoms with van der Waals surface area (Å²) >= 11 is 0. The minimum atomic E-state index is -0.968. The molecule has 1 N–H and O–H groups in total. The SMILES string of the molecule is Cc1ccccc1C(C(=O)NC1CCCCC1)N(C(=O)COCc1cccnc1)c1cccc(F)c1. The lowest BCUT2D eigenvalue weighted by molar-refractivity contribution is -0.129. The van der Waals surface area contributed by atoms with Crippen LogP contribution in [0.15, 0.2) is 73.1 Å². The Morgan fingerprint density at radius 3 is 2.61 bits per heavy atom. The van der Waals surface area contributed by atoms with Crippen LogP contribution in [-0.2, 0) is 20.9 Å². The minimum Gasteiger partial charge on any atom is -0.367 e. The van der Waals surface area contributed by atoms with Gasteiger partial charge in [-0.2, -0.15) is 0 Å². The van der Waals surface area contributed by atoms with E-state index >= 15 is 0 Å². The molecule has 1 aliphatic rings. The van der Waals surface area contributed by atoms with Gasteiger partial charge in [0.1, 0.15) is 18.5 Å². The van der Waals surface area contributed by atoms with E-state index in [0.717, 1.165) is 43.2 Å². The van der Waals surface area contributed by atoms with Gasteiger partial charge in [0.05, 0.1) is 6.61 Å². The molecule has 188 valence electrons. The van der Waals surface area contributed by atoms with E-state index in [2.05, 4.69) is 10.3 Å². The summed E-state index contributed by atoms with van der Waals surface area (Å²) < 4.78 is 20.0. The van der Waals surface area contributed by atoms with Gasteiger partial charge in [-0.3, -0.25) is 19.5 Å². The number of pyridine rings is 1. The fourth-order valence-electron chi connectivity index (χ4n) is 4.69. The molecule has 0 saturated heterocycles. The van der Waals surface area contributed by atoms with E-state index in [-0.39, 0.29) is 25.2 Å². The van der Waals surface area contributed by atoms with Gasteiger partial charge in [0.2, 0.25) is 5.91 Å². The molecule has 1 aromatic heterocycles. The summed E-state index contributed by atoms with van der Waals surface area (Å²) in [6.07, 6.45) is 8.45. The van der Waals surface area contributed by atoms with E-state index in [0.29, 0.717) is 11.3 Å². The van der Waals surface area contributed by atoms with Crippen molar-refractivity contribution in [3.05, 3.63) is 95.6 Å². The Morgan fingerprint density at radius 1 is 1.08 bits per heavy atom. The summed E-state index contributed by atoms with van der Waals surface area (Å²) in [5.74, 6) is -1.20. The van der Waals surface area contributed by atoms with Crippen LogP contribution >= 0.6 is 0 Å². The maximum Gasteiger partial charge on any atom is 0.254 e. The number of halogens is 1. The van der Waals surface area contributed by atoms with Crippen LogP contribution in [0.2, 0.25) is 0 Å². The number of benzene rings is 2. The van der Waals surface area contributed by atoms with Crippen molar-refractivity contribution < 1.29 is 18.7 Å². The zero-order chi connectivity index (χ0) is 25.3. The molecule has 0 radical (unpaired) electrons. The molecule has 1 fully saturated rings. The van der Waals surface area contributed by atoms with Crippen LogP contribution in [0.25, 0.3) is 0 Å². The Balaban J connectivity index is 1.66. The molecular formula is C29H32FN3O3. The number of aryl methyl sites for hydroxylation is 1. The minimum absolute atomic E-state index is 0.0593. The van der Waals surface area contributed by atoms with Crippen LogP contribution < -0.4 is 10.2 Å². The van der Waals surface area contributed by atoms with Crippen molar-refractivity contribution in [1.29, 1.82) is 0 Å². The Kier molecular flexibility index (Phi) is 8.79. The van der Waals surface area contributed by atoms with Crippen molar-refractivity contribution in [2.75, 3.05) is 11.5 Å². The molecule has 0 spiro atoms. The fourth-order valence-corrected chi connectivity index (χ4v) is 4.69. The van der Waals surface area contributed by atoms with Crippen LogP contribution in [-0.4, -0.2) is 29.4 Å². The van der Waals surface area contributed by atoms with Crippen LogP contribution in [0.4, 0.5) is 10.1 Å². The molecule has 1 unspecified atom stereocenters. The third kappa shape index (κ3) is 6.55. The number of hydrogen-bond donors (Lipinski definition) is 1. The second kappa shape index (κ2) is 12.4. The molecule has 3 aromatic rings. The Labute approximate surface area is 211 Å². The molecule has 0 aliphatic heterocycles. The number of anilines is 1. The lowest BCUT2D eigenvalue weighted by Gasteiger charge is -2.34. The van der Waals surface area contributed by atoms with Gasteiger partial charge < -0.3 is 10.1 Å². The first-order chi connectivity index (χ1) is 17.5. The summed E-state index contributed by atoms with van der Waals surface area (Å²) in [5.41, 5.74) is 2.69. The Morgan fingerprint density at radius 2 is 1.89 bits per heavy atom. The largest absolute Gasteiger partial charge is 0.367 e. The average Bonchev–Trinajstić information content (AvgIpc) is 2.89. The summed E-state index contributed by atoms with van der Waals surface area (Å²) in [6, 6.07) is 16.0. The molecule has 36 heavy (non-hydrogen) atoms. The van der Waals surface area contributed by atoms with E-state index < -0.39 is 17.8 Å². The molecular weight excluding hydrogens is 457 g/mol. The Bertz CT molecular complexity index is 1170. The van der Waals surface area contributed by atoms with Gasteiger partial charge in [-0.1, -0.05) is 55.7 Å². The fraction of sp³-hybridized carbons (Fsp3) is 0.345. The number of aromatic nitrogens is 1. The highest BCUT2D eigenvalue weighted by Gasteiger charge is 2.35. The zero-order valence-corrected chi connectivity index (χ0v) is 20.5. The van der Waals surface area contributed by atoms with Gasteiger partial charge >= 0.3 is 0 Å². The number of nitrogens with one attached hydrogen (secondary N) is 1. The van der Waals surface area contributed by atoms with Crippen LogP contribution in [0.1, 0.15) is 54.8 Å². The maximum absolute atomic E-state index is 14.3. The molecule has 2 amide bonds. The first-order valence-corrected chi connectivity index (χ1v) is 12.4. The van der Waals surface area contributed by atoms with Crippen molar-refractivity contribution in [2.24, 2.45) is 0 Å². The quantitative estimate of drug-likeness (QED) is 0.445. The molecule has 0 bridgehead atoms. The maximum atomic E-state index is 14.3. The number of hydrogen-bond acceptors (Lipinski definition) is 4. The molecule has 1 atom stereocenters. The van der Waals surface area contributed by atoms with Gasteiger partial charge in [0.25, 0.3) is 5.91 Å². The molecule has 4 rings (SSSR count). The predicted octanol–water partition coefficient (Wildman–Crippen LogP) is 5.27. The first-order valence-electron chi connectivity index (χ1n) is 12.4. The third-order valence-corrected chi connectivity index (χ3v) is 6.51. The number of amides is 2. The van der Waals surface area contributed by atoms with Crippen molar-refractivity contribution in [1.82, 2.24) is 10.3 Å². The van der Waals surface area contributed by atoms with Gasteiger partial charge in [0, 0.05) is 24.1 Å². The van der Waals surface area contributed by atoms with Crippen LogP contribution in [0.3, 0.4) is 0 Å². The van der Waals surface area contributed by atoms with Crippen LogP contribution in [0.5, 0.6) is 0 Å². The highest BCUT2D eigenvalue weighted by atomic mass is 19.1. The van der Waals surface area contributed by atoms with Gasteiger partial charge in [-0.05, 0) is 60.7 Å². The average molecular weight is 490 g/mol. The lowest BCUT2D eigenvalue weighted by Crippen LogP contribution is -2.48. The smallest absolute Gasteiger partial charge is 0.254 e. The second-order valence-corrected chi connectivity index (χ2v) is 9.20. The zero-order valence-electron chi connectivity index (χ0n) is 20.5. The predicted molar refractivity (Wildman–Crippen MR) is 137 cm³/mol. The number of carbonyl (C=O) groups is 2. The highest BCUT2D eigenvalue weighted by Crippen LogP contribution is 2.31. The summed E-state index contributed by atoms with van der Waals surface area (Å²) in [4.78, 5) is 32.9. The lowest BCUT2D eigenvalue weighted by atomic mass is 9.93. The molecule has 1 heterocycles. The molecule has 1 aliphatic carbocycles. The van der Waals surface area contributed by atoms with Crippen LogP contribution in [0, 0.1) is 12.7 Å². The van der Waals surface area contributed by atoms with Crippen molar-refractivity contribution in [3.63, 3.8) is 0 Å². The van der Waals surface area contributed by atoms with E-state index in [1.165, 1.54) is 23.1 Å². The number of rotatable bonds is 9. The molecule has 1 saturated carbocycles. The van der Waals surface area contributed by atoms with E-state index in [4.69, 9.17) is 4.74 Å². The molecule has 7 heteroatoms. The Hall–Kier alpha value is -3.58. The highest BCUT2D eigenvalue weighted by molar-refractivity contribution is 6.02. The summed E-state index contributed by atoms with van der Waals surface area (Å²) in [6.45, 7) is 1.83. The van der Waals surface area contributed by atoms with Gasteiger partial charge in [0.15, 0.2) is 0 Å². The molecule has 2 aromatic carbocycles. The normalized spacial score (nSPS) is 14.7. The number of ether oxygens (including phenoxy) is 1. The second-order valence-electron chi connectivity index (χ2n) is 9.20. The van der Waals surface area contributed by atoms with Crippen molar-refractivity contribution >= 4 is 17.5 Å². The molecule has 6 nitrogen and oxygen atoms in total. The van der Waals surface area contributed by atoms with Crippen molar-refractivity contribution in [2.45, 2.75) is 57.7 Å². The first kappa shape index (κ1) is 25.5. The topological polar surface area (TPSA) is 71.5 Å². The number of nitrogens with zero attached hydrogens (tertiary/aromatic N) is 2. The van der Waals surface area contributed by atoms with E-state index in [9.17, 15) is 14.0 Å². The van der Waals surface area contributed by atoms with Crippen molar-refractivity contribution in [3.8, 4) is 0 Å². The summed E-state index contributed by atoms with van der Waals surface area (Å²) in [5, 5.41) is 3.17.